The van der Waals surface area contributed by atoms with Gasteiger partial charge in [0.15, 0.2) is 11.6 Å². The van der Waals surface area contributed by atoms with E-state index in [1.54, 1.807) is 6.07 Å². The molecule has 0 radical (unpaired) electrons. The summed E-state index contributed by atoms with van der Waals surface area (Å²) in [5, 5.41) is 9.29. The third-order valence-electron chi connectivity index (χ3n) is 3.09. The summed E-state index contributed by atoms with van der Waals surface area (Å²) >= 11 is 3.12. The molecule has 0 saturated heterocycles. The molecule has 1 saturated carbocycles. The van der Waals surface area contributed by atoms with Gasteiger partial charge in [-0.3, -0.25) is 0 Å². The molecule has 0 atom stereocenters. The lowest BCUT2D eigenvalue weighted by molar-refractivity contribution is 0.419. The maximum Gasteiger partial charge on any atom is 0.166 e. The number of nitrogens with two attached hydrogens (primary N) is 1. The number of halogens is 2. The van der Waals surface area contributed by atoms with E-state index < -0.39 is 11.4 Å². The molecular formula is C11H13BrFNO. The Kier molecular flexibility index (Phi) is 2.73. The van der Waals surface area contributed by atoms with Crippen molar-refractivity contribution in [3.05, 3.63) is 28.0 Å². The predicted molar refractivity (Wildman–Crippen MR) is 60.1 cm³/mol. The molecule has 1 aromatic carbocycles. The number of rotatable bonds is 1. The van der Waals surface area contributed by atoms with Crippen molar-refractivity contribution in [3.63, 3.8) is 0 Å². The highest BCUT2D eigenvalue weighted by Gasteiger charge is 2.32. The predicted octanol–water partition coefficient (Wildman–Crippen LogP) is 3.02. The molecule has 1 aliphatic carbocycles. The quantitative estimate of drug-likeness (QED) is 0.826. The summed E-state index contributed by atoms with van der Waals surface area (Å²) in [6.07, 6.45) is 3.92. The Morgan fingerprint density at radius 1 is 1.33 bits per heavy atom. The maximum absolute atomic E-state index is 13.3. The molecule has 15 heavy (non-hydrogen) atoms. The van der Waals surface area contributed by atoms with Gasteiger partial charge in [-0.2, -0.15) is 0 Å². The second kappa shape index (κ2) is 3.76. The lowest BCUT2D eigenvalue weighted by Crippen LogP contribution is -2.33. The molecule has 0 spiro atoms. The van der Waals surface area contributed by atoms with Crippen LogP contribution >= 0.6 is 15.9 Å². The van der Waals surface area contributed by atoms with Crippen LogP contribution in [-0.2, 0) is 5.54 Å². The number of phenols is 1. The number of hydrogen-bond acceptors (Lipinski definition) is 2. The molecule has 82 valence electrons. The van der Waals surface area contributed by atoms with Gasteiger partial charge >= 0.3 is 0 Å². The van der Waals surface area contributed by atoms with E-state index in [2.05, 4.69) is 15.9 Å². The minimum Gasteiger partial charge on any atom is -0.504 e. The highest BCUT2D eigenvalue weighted by Crippen LogP contribution is 2.39. The van der Waals surface area contributed by atoms with Crippen LogP contribution in [0.25, 0.3) is 0 Å². The molecule has 0 unspecified atom stereocenters. The second-order valence-electron chi connectivity index (χ2n) is 4.15. The van der Waals surface area contributed by atoms with Crippen molar-refractivity contribution in [1.82, 2.24) is 0 Å². The first-order valence-electron chi connectivity index (χ1n) is 5.00. The van der Waals surface area contributed by atoms with Crippen molar-refractivity contribution >= 4 is 15.9 Å². The van der Waals surface area contributed by atoms with Crippen LogP contribution in [0.4, 0.5) is 4.39 Å². The Labute approximate surface area is 96.4 Å². The maximum atomic E-state index is 13.3. The smallest absolute Gasteiger partial charge is 0.166 e. The van der Waals surface area contributed by atoms with E-state index in [9.17, 15) is 9.50 Å². The van der Waals surface area contributed by atoms with Crippen LogP contribution in [0.3, 0.4) is 0 Å². The fraction of sp³-hybridized carbons (Fsp3) is 0.455. The fourth-order valence-electron chi connectivity index (χ4n) is 2.15. The minimum atomic E-state index is -0.615. The summed E-state index contributed by atoms with van der Waals surface area (Å²) in [5.41, 5.74) is 6.55. The number of hydrogen-bond donors (Lipinski definition) is 2. The van der Waals surface area contributed by atoms with Crippen molar-refractivity contribution in [2.75, 3.05) is 0 Å². The van der Waals surface area contributed by atoms with Gasteiger partial charge in [-0.1, -0.05) is 12.8 Å². The van der Waals surface area contributed by atoms with Crippen LogP contribution in [-0.4, -0.2) is 5.11 Å². The third kappa shape index (κ3) is 1.88. The molecule has 1 fully saturated rings. The van der Waals surface area contributed by atoms with Gasteiger partial charge in [0.05, 0.1) is 4.47 Å². The van der Waals surface area contributed by atoms with Crippen molar-refractivity contribution < 1.29 is 9.50 Å². The SMILES string of the molecule is NC1(c2cc(F)c(O)c(Br)c2)CCCC1. The highest BCUT2D eigenvalue weighted by molar-refractivity contribution is 9.10. The molecule has 3 N–H and O–H groups in total. The largest absolute Gasteiger partial charge is 0.504 e. The van der Waals surface area contributed by atoms with Gasteiger partial charge in [-0.15, -0.1) is 0 Å². The summed E-state index contributed by atoms with van der Waals surface area (Å²) in [7, 11) is 0. The normalized spacial score (nSPS) is 19.4. The van der Waals surface area contributed by atoms with Gasteiger partial charge in [0.25, 0.3) is 0 Å². The molecule has 4 heteroatoms. The molecule has 2 nitrogen and oxygen atoms in total. The van der Waals surface area contributed by atoms with Crippen molar-refractivity contribution in [2.45, 2.75) is 31.2 Å². The minimum absolute atomic E-state index is 0.347. The highest BCUT2D eigenvalue weighted by atomic mass is 79.9. The van der Waals surface area contributed by atoms with E-state index in [0.717, 1.165) is 31.2 Å². The monoisotopic (exact) mass is 273 g/mol. The van der Waals surface area contributed by atoms with E-state index >= 15 is 0 Å². The number of benzene rings is 1. The lowest BCUT2D eigenvalue weighted by Gasteiger charge is -2.24. The Morgan fingerprint density at radius 2 is 1.93 bits per heavy atom. The number of phenolic OH excluding ortho intramolecular Hbond substituents is 1. The van der Waals surface area contributed by atoms with Gasteiger partial charge in [-0.25, -0.2) is 4.39 Å². The van der Waals surface area contributed by atoms with Gasteiger partial charge in [0, 0.05) is 5.54 Å². The van der Waals surface area contributed by atoms with Crippen LogP contribution in [0.5, 0.6) is 5.75 Å². The van der Waals surface area contributed by atoms with Crippen molar-refractivity contribution in [2.24, 2.45) is 5.73 Å². The zero-order valence-electron chi connectivity index (χ0n) is 8.26. The third-order valence-corrected chi connectivity index (χ3v) is 3.69. The molecule has 0 amide bonds. The second-order valence-corrected chi connectivity index (χ2v) is 5.01. The molecule has 1 aliphatic rings. The Hall–Kier alpha value is -0.610. The summed E-state index contributed by atoms with van der Waals surface area (Å²) in [6, 6.07) is 3.05. The lowest BCUT2D eigenvalue weighted by atomic mass is 9.89. The standard InChI is InChI=1S/C11H13BrFNO/c12-8-5-7(6-9(13)10(8)15)11(14)3-1-2-4-11/h5-6,15H,1-4,14H2. The van der Waals surface area contributed by atoms with Crippen LogP contribution in [0.2, 0.25) is 0 Å². The van der Waals surface area contributed by atoms with E-state index in [-0.39, 0.29) is 5.75 Å². The van der Waals surface area contributed by atoms with Crippen LogP contribution < -0.4 is 5.73 Å². The molecule has 0 bridgehead atoms. The van der Waals surface area contributed by atoms with Crippen LogP contribution in [0.15, 0.2) is 16.6 Å². The molecule has 0 aliphatic heterocycles. The summed E-state index contributed by atoms with van der Waals surface area (Å²) in [4.78, 5) is 0. The van der Waals surface area contributed by atoms with Crippen LogP contribution in [0.1, 0.15) is 31.2 Å². The van der Waals surface area contributed by atoms with E-state index in [0.29, 0.717) is 4.47 Å². The van der Waals surface area contributed by atoms with Crippen molar-refractivity contribution in [1.29, 1.82) is 0 Å². The molecule has 0 heterocycles. The zero-order valence-corrected chi connectivity index (χ0v) is 9.85. The Balaban J connectivity index is 2.45. The Bertz CT molecular complexity index is 365. The van der Waals surface area contributed by atoms with Gasteiger partial charge in [0.2, 0.25) is 0 Å². The van der Waals surface area contributed by atoms with Gasteiger partial charge in [-0.05, 0) is 46.5 Å². The molecular weight excluding hydrogens is 261 g/mol. The molecule has 2 rings (SSSR count). The molecule has 1 aromatic rings. The first kappa shape index (κ1) is 10.9. The summed E-state index contributed by atoms with van der Waals surface area (Å²) < 4.78 is 13.7. The van der Waals surface area contributed by atoms with E-state index in [1.165, 1.54) is 6.07 Å². The molecule has 0 aromatic heterocycles. The fourth-order valence-corrected chi connectivity index (χ4v) is 2.58. The average Bonchev–Trinajstić information content (AvgIpc) is 2.62. The van der Waals surface area contributed by atoms with Gasteiger partial charge < -0.3 is 10.8 Å². The zero-order chi connectivity index (χ0) is 11.1. The van der Waals surface area contributed by atoms with Gasteiger partial charge in [0.1, 0.15) is 0 Å². The first-order valence-corrected chi connectivity index (χ1v) is 5.80. The van der Waals surface area contributed by atoms with E-state index in [1.807, 2.05) is 0 Å². The van der Waals surface area contributed by atoms with Crippen molar-refractivity contribution in [3.8, 4) is 5.75 Å². The average molecular weight is 274 g/mol. The topological polar surface area (TPSA) is 46.2 Å². The summed E-state index contributed by atoms with van der Waals surface area (Å²) in [6.45, 7) is 0. The van der Waals surface area contributed by atoms with Crippen LogP contribution in [0, 0.1) is 5.82 Å². The Morgan fingerprint density at radius 3 is 2.47 bits per heavy atom. The van der Waals surface area contributed by atoms with E-state index in [4.69, 9.17) is 5.73 Å². The number of aromatic hydroxyl groups is 1. The first-order chi connectivity index (χ1) is 7.03. The summed E-state index contributed by atoms with van der Waals surface area (Å²) in [5.74, 6) is -0.962.